The molecule has 3 atom stereocenters. The van der Waals surface area contributed by atoms with Gasteiger partial charge in [-0.1, -0.05) is 59.6 Å². The molecule has 0 fully saturated rings. The van der Waals surface area contributed by atoms with Gasteiger partial charge in [-0.2, -0.15) is 0 Å². The number of hydrogen-bond donors (Lipinski definition) is 4. The molecular weight excluding hydrogens is 498 g/mol. The van der Waals surface area contributed by atoms with Crippen molar-refractivity contribution in [3.05, 3.63) is 35.9 Å². The fraction of sp³-hybridized carbons (Fsp3) is 0.500. The van der Waals surface area contributed by atoms with Gasteiger partial charge < -0.3 is 26.2 Å². The lowest BCUT2D eigenvalue weighted by Gasteiger charge is -2.24. The number of halogens is 1. The van der Waals surface area contributed by atoms with Crippen LogP contribution in [0.25, 0.3) is 0 Å². The summed E-state index contributed by atoms with van der Waals surface area (Å²) in [5, 5.41) is 14.2. The van der Waals surface area contributed by atoms with Gasteiger partial charge >= 0.3 is 12.1 Å². The smallest absolute Gasteiger partial charge is 0.408 e. The molecule has 3 amide bonds. The largest absolute Gasteiger partial charge is 0.480 e. The summed E-state index contributed by atoms with van der Waals surface area (Å²) in [6.07, 6.45) is -0.193. The Labute approximate surface area is 200 Å². The number of primary amides is 1. The summed E-state index contributed by atoms with van der Waals surface area (Å²) >= 11 is 3.00. The summed E-state index contributed by atoms with van der Waals surface area (Å²) < 4.78 is 5.14. The van der Waals surface area contributed by atoms with Crippen molar-refractivity contribution in [2.45, 2.75) is 57.7 Å². The highest BCUT2D eigenvalue weighted by atomic mass is 79.9. The third kappa shape index (κ3) is 11.0. The van der Waals surface area contributed by atoms with Gasteiger partial charge in [-0.3, -0.25) is 14.4 Å². The number of ether oxygens (including phenoxy) is 1. The minimum atomic E-state index is -1.34. The second-order valence-corrected chi connectivity index (χ2v) is 8.05. The number of carboxylic acid groups (broad SMARTS) is 1. The number of nitrogens with two attached hydrogens (primary N) is 1. The molecule has 0 saturated carbocycles. The van der Waals surface area contributed by atoms with Gasteiger partial charge in [0.25, 0.3) is 0 Å². The van der Waals surface area contributed by atoms with Gasteiger partial charge in [0.15, 0.2) is 0 Å². The molecule has 1 aromatic carbocycles. The van der Waals surface area contributed by atoms with Gasteiger partial charge in [-0.25, -0.2) is 9.59 Å². The quantitative estimate of drug-likeness (QED) is 0.252. The molecule has 0 aliphatic rings. The van der Waals surface area contributed by atoms with E-state index in [0.717, 1.165) is 5.56 Å². The SMILES string of the molecule is CCCC(C[C@H](NC(=O)OCc1ccccc1)C(=O)N[C@@H](CCC(=O)CBr)C(=O)O)C(N)=O. The Morgan fingerprint density at radius 3 is 2.27 bits per heavy atom. The molecule has 1 aromatic rings. The van der Waals surface area contributed by atoms with Crippen molar-refractivity contribution in [3.8, 4) is 0 Å². The number of ketones is 1. The average molecular weight is 528 g/mol. The third-order valence-corrected chi connectivity index (χ3v) is 5.48. The fourth-order valence-electron chi connectivity index (χ4n) is 3.05. The van der Waals surface area contributed by atoms with Crippen molar-refractivity contribution in [3.63, 3.8) is 0 Å². The third-order valence-electron chi connectivity index (χ3n) is 4.86. The highest BCUT2D eigenvalue weighted by Crippen LogP contribution is 2.15. The molecule has 0 spiro atoms. The van der Waals surface area contributed by atoms with Gasteiger partial charge in [0.05, 0.1) is 5.33 Å². The van der Waals surface area contributed by atoms with E-state index in [1.165, 1.54) is 0 Å². The Morgan fingerprint density at radius 1 is 1.06 bits per heavy atom. The van der Waals surface area contributed by atoms with Crippen molar-refractivity contribution in [1.82, 2.24) is 10.6 Å². The van der Waals surface area contributed by atoms with Gasteiger partial charge in [-0.15, -0.1) is 0 Å². The molecule has 0 aliphatic heterocycles. The van der Waals surface area contributed by atoms with Crippen molar-refractivity contribution < 1.29 is 33.8 Å². The van der Waals surface area contributed by atoms with Crippen LogP contribution in [0.4, 0.5) is 4.79 Å². The van der Waals surface area contributed by atoms with Crippen LogP contribution in [0.2, 0.25) is 0 Å². The van der Waals surface area contributed by atoms with E-state index < -0.39 is 41.9 Å². The zero-order valence-electron chi connectivity index (χ0n) is 18.4. The van der Waals surface area contributed by atoms with Crippen molar-refractivity contribution >= 4 is 45.6 Å². The molecular formula is C22H30BrN3O7. The van der Waals surface area contributed by atoms with Crippen LogP contribution >= 0.6 is 15.9 Å². The molecule has 0 radical (unpaired) electrons. The van der Waals surface area contributed by atoms with Crippen molar-refractivity contribution in [1.29, 1.82) is 0 Å². The molecule has 0 saturated heterocycles. The fourth-order valence-corrected chi connectivity index (χ4v) is 3.33. The molecule has 1 rings (SSSR count). The lowest BCUT2D eigenvalue weighted by molar-refractivity contribution is -0.142. The Hall–Kier alpha value is -2.95. The number of amides is 3. The number of alkyl carbamates (subject to hydrolysis) is 1. The molecule has 0 aromatic heterocycles. The number of carbonyl (C=O) groups excluding carboxylic acids is 4. The minimum Gasteiger partial charge on any atom is -0.480 e. The number of benzene rings is 1. The molecule has 0 aliphatic carbocycles. The molecule has 0 heterocycles. The van der Waals surface area contributed by atoms with Crippen LogP contribution in [-0.2, 0) is 30.5 Å². The molecule has 33 heavy (non-hydrogen) atoms. The van der Waals surface area contributed by atoms with Crippen LogP contribution in [-0.4, -0.2) is 52.2 Å². The maximum absolute atomic E-state index is 12.9. The number of aliphatic carboxylic acids is 1. The molecule has 182 valence electrons. The first-order chi connectivity index (χ1) is 15.7. The van der Waals surface area contributed by atoms with E-state index >= 15 is 0 Å². The molecule has 1 unspecified atom stereocenters. The van der Waals surface area contributed by atoms with E-state index in [1.807, 2.05) is 13.0 Å². The van der Waals surface area contributed by atoms with Crippen LogP contribution in [0.15, 0.2) is 30.3 Å². The number of alkyl halides is 1. The number of rotatable bonds is 15. The second-order valence-electron chi connectivity index (χ2n) is 7.49. The van der Waals surface area contributed by atoms with Gasteiger partial charge in [0, 0.05) is 12.3 Å². The van der Waals surface area contributed by atoms with E-state index in [2.05, 4.69) is 26.6 Å². The van der Waals surface area contributed by atoms with Gasteiger partial charge in [0.2, 0.25) is 11.8 Å². The van der Waals surface area contributed by atoms with E-state index in [9.17, 15) is 29.1 Å². The van der Waals surface area contributed by atoms with Crippen molar-refractivity contribution in [2.75, 3.05) is 5.33 Å². The molecule has 10 nitrogen and oxygen atoms in total. The van der Waals surface area contributed by atoms with E-state index in [-0.39, 0.29) is 37.0 Å². The van der Waals surface area contributed by atoms with Crippen LogP contribution in [0.3, 0.4) is 0 Å². The zero-order chi connectivity index (χ0) is 24.8. The number of carboxylic acids is 1. The summed E-state index contributed by atoms with van der Waals surface area (Å²) in [5.41, 5.74) is 6.17. The van der Waals surface area contributed by atoms with E-state index in [1.54, 1.807) is 24.3 Å². The molecule has 5 N–H and O–H groups in total. The number of Topliss-reactive ketones (excluding diaryl/α,β-unsaturated/α-hetero) is 1. The average Bonchev–Trinajstić information content (AvgIpc) is 2.79. The monoisotopic (exact) mass is 527 g/mol. The maximum Gasteiger partial charge on any atom is 0.408 e. The normalized spacial score (nSPS) is 13.3. The Kier molecular flexibility index (Phi) is 12.8. The van der Waals surface area contributed by atoms with Crippen LogP contribution in [0, 0.1) is 5.92 Å². The predicted octanol–water partition coefficient (Wildman–Crippen LogP) is 1.89. The number of hydrogen-bond acceptors (Lipinski definition) is 6. The lowest BCUT2D eigenvalue weighted by atomic mass is 9.94. The Balaban J connectivity index is 2.90. The summed E-state index contributed by atoms with van der Waals surface area (Å²) in [7, 11) is 0. The first-order valence-electron chi connectivity index (χ1n) is 10.5. The number of carbonyl (C=O) groups is 5. The predicted molar refractivity (Wildman–Crippen MR) is 123 cm³/mol. The standard InChI is InChI=1S/C22H30BrN3O7/c1-2-6-15(19(24)28)11-18(26-22(32)33-13-14-7-4-3-5-8-14)20(29)25-17(21(30)31)10-9-16(27)12-23/h3-5,7-8,15,17-18H,2,6,9-13H2,1H3,(H2,24,28)(H,25,29)(H,26,32)(H,30,31)/t15?,17-,18-/m0/s1. The topological polar surface area (TPSA) is 165 Å². The van der Waals surface area contributed by atoms with Gasteiger partial charge in [0.1, 0.15) is 24.5 Å². The maximum atomic E-state index is 12.9. The molecule has 11 heteroatoms. The summed E-state index contributed by atoms with van der Waals surface area (Å²) in [6.45, 7) is 1.80. The highest BCUT2D eigenvalue weighted by Gasteiger charge is 2.30. The first kappa shape index (κ1) is 28.1. The summed E-state index contributed by atoms with van der Waals surface area (Å²) in [4.78, 5) is 60.0. The summed E-state index contributed by atoms with van der Waals surface area (Å²) in [6, 6.07) is 6.28. The highest BCUT2D eigenvalue weighted by molar-refractivity contribution is 9.09. The van der Waals surface area contributed by atoms with Crippen LogP contribution in [0.1, 0.15) is 44.6 Å². The minimum absolute atomic E-state index is 0.0401. The summed E-state index contributed by atoms with van der Waals surface area (Å²) in [5.74, 6) is -3.69. The first-order valence-corrected chi connectivity index (χ1v) is 11.7. The van der Waals surface area contributed by atoms with E-state index in [4.69, 9.17) is 10.5 Å². The Morgan fingerprint density at radius 2 is 1.73 bits per heavy atom. The van der Waals surface area contributed by atoms with Crippen molar-refractivity contribution in [2.24, 2.45) is 11.7 Å². The second kappa shape index (κ2) is 15.0. The van der Waals surface area contributed by atoms with E-state index in [0.29, 0.717) is 12.8 Å². The van der Waals surface area contributed by atoms with Crippen LogP contribution < -0.4 is 16.4 Å². The Bertz CT molecular complexity index is 819. The zero-order valence-corrected chi connectivity index (χ0v) is 20.0. The lowest BCUT2D eigenvalue weighted by Crippen LogP contribution is -2.53. The molecule has 0 bridgehead atoms. The van der Waals surface area contributed by atoms with Gasteiger partial charge in [-0.05, 0) is 24.8 Å². The van der Waals surface area contributed by atoms with Crippen LogP contribution in [0.5, 0.6) is 0 Å². The number of nitrogens with one attached hydrogen (secondary N) is 2.